The van der Waals surface area contributed by atoms with E-state index in [9.17, 15) is 9.50 Å². The van der Waals surface area contributed by atoms with E-state index >= 15 is 0 Å². The van der Waals surface area contributed by atoms with Crippen molar-refractivity contribution in [2.45, 2.75) is 71.1 Å². The summed E-state index contributed by atoms with van der Waals surface area (Å²) in [4.78, 5) is 4.59. The number of aliphatic hydroxyl groups is 1. The van der Waals surface area contributed by atoms with Gasteiger partial charge in [-0.3, -0.25) is 0 Å². The molecule has 0 bridgehead atoms. The quantitative estimate of drug-likeness (QED) is 0.809. The Morgan fingerprint density at radius 3 is 2.83 bits per heavy atom. The predicted octanol–water partition coefficient (Wildman–Crippen LogP) is 4.40. The van der Waals surface area contributed by atoms with Crippen LogP contribution in [0.25, 0.3) is 6.08 Å². The summed E-state index contributed by atoms with van der Waals surface area (Å²) in [7, 11) is 0. The predicted molar refractivity (Wildman–Crippen MR) is 91.5 cm³/mol. The summed E-state index contributed by atoms with van der Waals surface area (Å²) in [5.74, 6) is 0.710. The van der Waals surface area contributed by atoms with Crippen LogP contribution in [0.15, 0.2) is 12.1 Å². The first-order chi connectivity index (χ1) is 10.8. The Labute approximate surface area is 138 Å². The summed E-state index contributed by atoms with van der Waals surface area (Å²) in [5, 5.41) is 9.20. The maximum Gasteiger partial charge on any atom is 0.217 e. The number of nitrogens with zero attached hydrogens (tertiary/aromatic N) is 1. The Morgan fingerprint density at radius 1 is 1.43 bits per heavy atom. The van der Waals surface area contributed by atoms with Gasteiger partial charge in [0.15, 0.2) is 0 Å². The Kier molecular flexibility index (Phi) is 5.45. The van der Waals surface area contributed by atoms with Gasteiger partial charge in [-0.15, -0.1) is 0 Å². The lowest BCUT2D eigenvalue weighted by Gasteiger charge is -2.21. The van der Waals surface area contributed by atoms with Gasteiger partial charge in [0.1, 0.15) is 11.3 Å². The minimum Gasteiger partial charge on any atom is -0.471 e. The molecule has 2 rings (SSSR count). The molecule has 2 heterocycles. The largest absolute Gasteiger partial charge is 0.471 e. The molecule has 1 atom stereocenters. The zero-order valence-electron chi connectivity index (χ0n) is 14.7. The fraction of sp³-hybridized carbons (Fsp3) is 0.632. The number of aromatic nitrogens is 1. The summed E-state index contributed by atoms with van der Waals surface area (Å²) >= 11 is 0. The van der Waals surface area contributed by atoms with Crippen LogP contribution >= 0.6 is 0 Å². The molecule has 4 heteroatoms. The molecule has 1 aromatic heterocycles. The number of allylic oxidation sites excluding steroid dienone is 1. The first-order valence-electron chi connectivity index (χ1n) is 8.44. The third kappa shape index (κ3) is 4.54. The van der Waals surface area contributed by atoms with Gasteiger partial charge in [0.05, 0.1) is 12.3 Å². The van der Waals surface area contributed by atoms with Gasteiger partial charge in [-0.1, -0.05) is 19.4 Å². The summed E-state index contributed by atoms with van der Waals surface area (Å²) in [6, 6.07) is 2.13. The summed E-state index contributed by atoms with van der Waals surface area (Å²) in [6.45, 7) is 7.67. The van der Waals surface area contributed by atoms with E-state index in [2.05, 4.69) is 24.9 Å². The van der Waals surface area contributed by atoms with E-state index in [0.29, 0.717) is 25.1 Å². The lowest BCUT2D eigenvalue weighted by atomic mass is 9.95. The number of fused-ring (bicyclic) bond motifs is 1. The van der Waals surface area contributed by atoms with E-state index in [1.54, 1.807) is 0 Å². The van der Waals surface area contributed by atoms with Gasteiger partial charge in [-0.05, 0) is 57.7 Å². The summed E-state index contributed by atoms with van der Waals surface area (Å²) in [6.07, 6.45) is 6.78. The molecule has 0 spiro atoms. The number of ether oxygens (including phenoxy) is 1. The Bertz CT molecular complexity index is 583. The van der Waals surface area contributed by atoms with Crippen molar-refractivity contribution in [3.05, 3.63) is 29.0 Å². The van der Waals surface area contributed by atoms with E-state index in [-0.39, 0.29) is 5.60 Å². The SMILES string of the molecule is CCCC(F)(CO)CC/C=C/c1nc2c(cc1C)CC(C)(C)O2. The summed E-state index contributed by atoms with van der Waals surface area (Å²) < 4.78 is 20.1. The second kappa shape index (κ2) is 7.00. The van der Waals surface area contributed by atoms with E-state index < -0.39 is 12.3 Å². The van der Waals surface area contributed by atoms with Crippen LogP contribution in [0, 0.1) is 6.92 Å². The highest BCUT2D eigenvalue weighted by atomic mass is 19.1. The molecular weight excluding hydrogens is 293 g/mol. The van der Waals surface area contributed by atoms with Crippen LogP contribution in [-0.2, 0) is 6.42 Å². The monoisotopic (exact) mass is 321 g/mol. The first-order valence-corrected chi connectivity index (χ1v) is 8.44. The molecule has 0 saturated carbocycles. The smallest absolute Gasteiger partial charge is 0.217 e. The Hall–Kier alpha value is -1.42. The second-order valence-electron chi connectivity index (χ2n) is 7.19. The molecule has 1 aliphatic rings. The van der Waals surface area contributed by atoms with Crippen LogP contribution in [0.2, 0.25) is 0 Å². The van der Waals surface area contributed by atoms with Crippen molar-refractivity contribution >= 4 is 6.08 Å². The van der Waals surface area contributed by atoms with E-state index in [1.807, 2.05) is 26.0 Å². The molecule has 0 amide bonds. The average molecular weight is 321 g/mol. The van der Waals surface area contributed by atoms with Gasteiger partial charge in [0, 0.05) is 12.0 Å². The fourth-order valence-corrected chi connectivity index (χ4v) is 3.07. The molecule has 128 valence electrons. The molecule has 0 fully saturated rings. The highest BCUT2D eigenvalue weighted by Crippen LogP contribution is 2.34. The van der Waals surface area contributed by atoms with Crippen LogP contribution in [0.5, 0.6) is 5.88 Å². The molecule has 3 nitrogen and oxygen atoms in total. The van der Waals surface area contributed by atoms with Crippen LogP contribution in [0.3, 0.4) is 0 Å². The minimum atomic E-state index is -1.47. The van der Waals surface area contributed by atoms with Gasteiger partial charge < -0.3 is 9.84 Å². The number of halogens is 1. The molecular formula is C19H28FNO2. The van der Waals surface area contributed by atoms with Gasteiger partial charge in [0.25, 0.3) is 0 Å². The van der Waals surface area contributed by atoms with Crippen molar-refractivity contribution in [1.82, 2.24) is 4.98 Å². The third-order valence-corrected chi connectivity index (χ3v) is 4.30. The normalized spacial score (nSPS) is 18.7. The Morgan fingerprint density at radius 2 is 2.17 bits per heavy atom. The number of hydrogen-bond donors (Lipinski definition) is 1. The van der Waals surface area contributed by atoms with E-state index in [4.69, 9.17) is 4.74 Å². The van der Waals surface area contributed by atoms with Crippen LogP contribution in [0.4, 0.5) is 4.39 Å². The van der Waals surface area contributed by atoms with Crippen molar-refractivity contribution in [3.8, 4) is 5.88 Å². The first kappa shape index (κ1) is 17.9. The molecule has 0 aliphatic carbocycles. The highest BCUT2D eigenvalue weighted by Gasteiger charge is 2.31. The van der Waals surface area contributed by atoms with Gasteiger partial charge in [0.2, 0.25) is 5.88 Å². The number of hydrogen-bond acceptors (Lipinski definition) is 3. The van der Waals surface area contributed by atoms with Gasteiger partial charge in [-0.25, -0.2) is 9.37 Å². The third-order valence-electron chi connectivity index (χ3n) is 4.30. The molecule has 0 saturated heterocycles. The van der Waals surface area contributed by atoms with Crippen molar-refractivity contribution in [3.63, 3.8) is 0 Å². The number of pyridine rings is 1. The van der Waals surface area contributed by atoms with Crippen molar-refractivity contribution in [2.24, 2.45) is 0 Å². The molecule has 0 aromatic carbocycles. The van der Waals surface area contributed by atoms with Gasteiger partial charge in [-0.2, -0.15) is 0 Å². The van der Waals surface area contributed by atoms with Crippen LogP contribution < -0.4 is 4.74 Å². The maximum atomic E-state index is 14.3. The zero-order valence-corrected chi connectivity index (χ0v) is 14.7. The average Bonchev–Trinajstić information content (AvgIpc) is 2.77. The standard InChI is InChI=1S/C19H28FNO2/c1-5-9-19(20,13-22)10-7-6-8-16-14(2)11-15-12-18(3,4)23-17(15)21-16/h6,8,11,22H,5,7,9-10,12-13H2,1-4H3/b8-6+. The lowest BCUT2D eigenvalue weighted by Crippen LogP contribution is -2.27. The second-order valence-corrected chi connectivity index (χ2v) is 7.19. The molecule has 0 radical (unpaired) electrons. The number of aliphatic hydroxyl groups excluding tert-OH is 1. The summed E-state index contributed by atoms with van der Waals surface area (Å²) in [5.41, 5.74) is 1.45. The highest BCUT2D eigenvalue weighted by molar-refractivity contribution is 5.52. The van der Waals surface area contributed by atoms with E-state index in [1.165, 1.54) is 0 Å². The molecule has 1 unspecified atom stereocenters. The van der Waals surface area contributed by atoms with Gasteiger partial charge >= 0.3 is 0 Å². The molecule has 1 N–H and O–H groups in total. The molecule has 23 heavy (non-hydrogen) atoms. The molecule has 1 aliphatic heterocycles. The lowest BCUT2D eigenvalue weighted by molar-refractivity contribution is 0.0547. The van der Waals surface area contributed by atoms with Crippen molar-refractivity contribution < 1.29 is 14.2 Å². The number of aryl methyl sites for hydroxylation is 1. The van der Waals surface area contributed by atoms with Crippen molar-refractivity contribution in [2.75, 3.05) is 6.61 Å². The minimum absolute atomic E-state index is 0.195. The Balaban J connectivity index is 2.01. The maximum absolute atomic E-state index is 14.3. The van der Waals surface area contributed by atoms with Crippen LogP contribution in [0.1, 0.15) is 63.3 Å². The van der Waals surface area contributed by atoms with Crippen LogP contribution in [-0.4, -0.2) is 28.0 Å². The zero-order chi connectivity index (χ0) is 17.1. The van der Waals surface area contributed by atoms with Crippen molar-refractivity contribution in [1.29, 1.82) is 0 Å². The van der Waals surface area contributed by atoms with E-state index in [0.717, 1.165) is 29.7 Å². The topological polar surface area (TPSA) is 42.4 Å². The fourth-order valence-electron chi connectivity index (χ4n) is 3.07. The number of rotatable bonds is 7. The molecule has 1 aromatic rings. The number of alkyl halides is 1.